The summed E-state index contributed by atoms with van der Waals surface area (Å²) in [5.74, 6) is 0. The third kappa shape index (κ3) is 6.80. The molecule has 2 N–H and O–H groups in total. The van der Waals surface area contributed by atoms with Gasteiger partial charge < -0.3 is 10.4 Å². The van der Waals surface area contributed by atoms with Gasteiger partial charge in [-0.3, -0.25) is 9.88 Å². The molecule has 0 aliphatic heterocycles. The number of nitrogens with zero attached hydrogens (tertiary/aromatic N) is 2. The van der Waals surface area contributed by atoms with Crippen LogP contribution in [0.5, 0.6) is 0 Å². The molecule has 0 radical (unpaired) electrons. The van der Waals surface area contributed by atoms with Crippen LogP contribution in [0.4, 0.5) is 0 Å². The zero-order valence-electron chi connectivity index (χ0n) is 12.9. The van der Waals surface area contributed by atoms with E-state index in [2.05, 4.69) is 42.6 Å². The summed E-state index contributed by atoms with van der Waals surface area (Å²) in [5, 5.41) is 12.5. The van der Waals surface area contributed by atoms with E-state index in [1.54, 1.807) is 0 Å². The van der Waals surface area contributed by atoms with E-state index in [0.717, 1.165) is 31.0 Å². The zero-order valence-corrected chi connectivity index (χ0v) is 12.9. The maximum Gasteiger partial charge on any atom is 0.0558 e. The molecule has 0 amide bonds. The average Bonchev–Trinajstić information content (AvgIpc) is 2.37. The van der Waals surface area contributed by atoms with Crippen LogP contribution in [-0.2, 0) is 13.1 Å². The van der Waals surface area contributed by atoms with Gasteiger partial charge in [0.2, 0.25) is 0 Å². The van der Waals surface area contributed by atoms with Crippen LogP contribution < -0.4 is 5.32 Å². The average molecular weight is 277 g/mol. The lowest BCUT2D eigenvalue weighted by atomic mass is 10.1. The summed E-state index contributed by atoms with van der Waals surface area (Å²) < 4.78 is 0. The molecule has 1 rings (SSSR count). The molecule has 0 unspecified atom stereocenters. The van der Waals surface area contributed by atoms with Crippen molar-refractivity contribution in [3.8, 4) is 0 Å². The molecular formula is C16H27N3O. The van der Waals surface area contributed by atoms with E-state index in [9.17, 15) is 0 Å². The Hall–Kier alpha value is -1.23. The minimum absolute atomic E-state index is 0.0868. The molecule has 1 heterocycles. The van der Waals surface area contributed by atoms with Crippen LogP contribution in [0.15, 0.2) is 30.9 Å². The number of hydrogen-bond acceptors (Lipinski definition) is 4. The number of aliphatic hydroxyl groups is 1. The predicted molar refractivity (Wildman–Crippen MR) is 83.4 cm³/mol. The number of aromatic nitrogens is 1. The van der Waals surface area contributed by atoms with Gasteiger partial charge in [-0.1, -0.05) is 12.1 Å². The Morgan fingerprint density at radius 1 is 1.35 bits per heavy atom. The fraction of sp³-hybridized carbons (Fsp3) is 0.562. The van der Waals surface area contributed by atoms with E-state index in [1.165, 1.54) is 0 Å². The molecule has 0 bridgehead atoms. The molecule has 0 fully saturated rings. The highest BCUT2D eigenvalue weighted by atomic mass is 16.3. The zero-order chi connectivity index (χ0) is 15.0. The van der Waals surface area contributed by atoms with Crippen molar-refractivity contribution in [3.05, 3.63) is 42.2 Å². The Labute approximate surface area is 122 Å². The molecule has 0 saturated carbocycles. The molecule has 112 valence electrons. The fourth-order valence-electron chi connectivity index (χ4n) is 1.86. The van der Waals surface area contributed by atoms with Crippen LogP contribution in [0, 0.1) is 0 Å². The van der Waals surface area contributed by atoms with Gasteiger partial charge in [0.1, 0.15) is 0 Å². The summed E-state index contributed by atoms with van der Waals surface area (Å²) in [4.78, 5) is 6.78. The number of pyridine rings is 1. The van der Waals surface area contributed by atoms with Gasteiger partial charge in [-0.05, 0) is 32.9 Å². The van der Waals surface area contributed by atoms with Gasteiger partial charge in [-0.15, -0.1) is 6.58 Å². The largest absolute Gasteiger partial charge is 0.395 e. The van der Waals surface area contributed by atoms with Crippen LogP contribution in [0.1, 0.15) is 32.2 Å². The first-order valence-corrected chi connectivity index (χ1v) is 7.08. The van der Waals surface area contributed by atoms with Crippen molar-refractivity contribution < 1.29 is 5.11 Å². The third-order valence-corrected chi connectivity index (χ3v) is 2.85. The van der Waals surface area contributed by atoms with Crippen LogP contribution >= 0.6 is 0 Å². The van der Waals surface area contributed by atoms with Crippen molar-refractivity contribution in [2.24, 2.45) is 0 Å². The van der Waals surface area contributed by atoms with Crippen molar-refractivity contribution in [1.29, 1.82) is 0 Å². The lowest BCUT2D eigenvalue weighted by Crippen LogP contribution is -2.35. The van der Waals surface area contributed by atoms with Crippen molar-refractivity contribution in [2.75, 3.05) is 19.7 Å². The van der Waals surface area contributed by atoms with Crippen molar-refractivity contribution >= 4 is 0 Å². The molecule has 4 heteroatoms. The van der Waals surface area contributed by atoms with E-state index < -0.39 is 0 Å². The van der Waals surface area contributed by atoms with Crippen LogP contribution in [-0.4, -0.2) is 40.2 Å². The molecule has 4 nitrogen and oxygen atoms in total. The van der Waals surface area contributed by atoms with E-state index >= 15 is 0 Å². The second-order valence-corrected chi connectivity index (χ2v) is 5.97. The molecule has 1 aromatic heterocycles. The topological polar surface area (TPSA) is 48.4 Å². The molecule has 0 aliphatic carbocycles. The van der Waals surface area contributed by atoms with Gasteiger partial charge >= 0.3 is 0 Å². The number of rotatable bonds is 8. The molecule has 0 aromatic carbocycles. The fourth-order valence-corrected chi connectivity index (χ4v) is 1.86. The first-order chi connectivity index (χ1) is 9.44. The van der Waals surface area contributed by atoms with Crippen LogP contribution in [0.2, 0.25) is 0 Å². The van der Waals surface area contributed by atoms with Crippen molar-refractivity contribution in [1.82, 2.24) is 15.2 Å². The summed E-state index contributed by atoms with van der Waals surface area (Å²) in [6.45, 7) is 13.2. The van der Waals surface area contributed by atoms with E-state index in [-0.39, 0.29) is 12.1 Å². The first-order valence-electron chi connectivity index (χ1n) is 7.08. The smallest absolute Gasteiger partial charge is 0.0558 e. The van der Waals surface area contributed by atoms with Gasteiger partial charge in [0, 0.05) is 31.7 Å². The summed E-state index contributed by atoms with van der Waals surface area (Å²) in [5.41, 5.74) is 2.15. The second-order valence-electron chi connectivity index (χ2n) is 5.97. The normalized spacial score (nSPS) is 11.8. The standard InChI is InChI=1S/C16H27N3O/c1-5-9-19(10-11-20)13-15-8-6-7-14(18-15)12-17-16(2,3)4/h5-8,17,20H,1,9-13H2,2-4H3. The van der Waals surface area contributed by atoms with Crippen molar-refractivity contribution in [2.45, 2.75) is 39.4 Å². The Morgan fingerprint density at radius 2 is 2.05 bits per heavy atom. The van der Waals surface area contributed by atoms with Gasteiger partial charge in [-0.2, -0.15) is 0 Å². The van der Waals surface area contributed by atoms with Crippen LogP contribution in [0.3, 0.4) is 0 Å². The number of nitrogens with one attached hydrogen (secondary N) is 1. The molecule has 0 atom stereocenters. The summed E-state index contributed by atoms with van der Waals surface area (Å²) in [6.07, 6.45) is 1.85. The van der Waals surface area contributed by atoms with Gasteiger partial charge in [0.05, 0.1) is 18.0 Å². The molecule has 0 aliphatic rings. The number of hydrogen-bond donors (Lipinski definition) is 2. The maximum absolute atomic E-state index is 9.06. The monoisotopic (exact) mass is 277 g/mol. The summed E-state index contributed by atoms with van der Waals surface area (Å²) >= 11 is 0. The number of aliphatic hydroxyl groups excluding tert-OH is 1. The third-order valence-electron chi connectivity index (χ3n) is 2.85. The Kier molecular flexibility index (Phi) is 6.85. The van der Waals surface area contributed by atoms with Gasteiger partial charge in [-0.25, -0.2) is 0 Å². The molecule has 1 aromatic rings. The molecule has 0 saturated heterocycles. The Balaban J connectivity index is 2.64. The van der Waals surface area contributed by atoms with E-state index in [1.807, 2.05) is 24.3 Å². The SMILES string of the molecule is C=CCN(CCO)Cc1cccc(CNC(C)(C)C)n1. The summed E-state index contributed by atoms with van der Waals surface area (Å²) in [6, 6.07) is 6.09. The van der Waals surface area contributed by atoms with E-state index in [4.69, 9.17) is 5.11 Å². The highest BCUT2D eigenvalue weighted by Crippen LogP contribution is 2.06. The van der Waals surface area contributed by atoms with E-state index in [0.29, 0.717) is 6.54 Å². The first kappa shape index (κ1) is 16.8. The van der Waals surface area contributed by atoms with Crippen molar-refractivity contribution in [3.63, 3.8) is 0 Å². The highest BCUT2D eigenvalue weighted by molar-refractivity contribution is 5.11. The Bertz CT molecular complexity index is 412. The molecule has 20 heavy (non-hydrogen) atoms. The maximum atomic E-state index is 9.06. The van der Waals surface area contributed by atoms with Gasteiger partial charge in [0.25, 0.3) is 0 Å². The second kappa shape index (κ2) is 8.15. The highest BCUT2D eigenvalue weighted by Gasteiger charge is 2.10. The quantitative estimate of drug-likeness (QED) is 0.713. The van der Waals surface area contributed by atoms with Gasteiger partial charge in [0.15, 0.2) is 0 Å². The molecule has 0 spiro atoms. The van der Waals surface area contributed by atoms with Crippen LogP contribution in [0.25, 0.3) is 0 Å². The lowest BCUT2D eigenvalue weighted by molar-refractivity contribution is 0.202. The molecular weight excluding hydrogens is 250 g/mol. The summed E-state index contributed by atoms with van der Waals surface area (Å²) in [7, 11) is 0. The minimum Gasteiger partial charge on any atom is -0.395 e. The Morgan fingerprint density at radius 3 is 2.65 bits per heavy atom. The minimum atomic E-state index is 0.0868. The predicted octanol–water partition coefficient (Wildman–Crippen LogP) is 1.95. The lowest BCUT2D eigenvalue weighted by Gasteiger charge is -2.21.